The van der Waals surface area contributed by atoms with Crippen molar-refractivity contribution in [2.24, 2.45) is 13.0 Å². The van der Waals surface area contributed by atoms with E-state index in [0.29, 0.717) is 25.8 Å². The number of hydrogen-bond acceptors (Lipinski definition) is 5. The second kappa shape index (κ2) is 6.17. The number of aliphatic hydroxyl groups is 1. The van der Waals surface area contributed by atoms with Crippen LogP contribution in [0.5, 0.6) is 0 Å². The number of hydrogen-bond donors (Lipinski definition) is 1. The highest BCUT2D eigenvalue weighted by molar-refractivity contribution is 7.19. The van der Waals surface area contributed by atoms with Crippen LogP contribution < -0.4 is 0 Å². The first-order chi connectivity index (χ1) is 13.3. The van der Waals surface area contributed by atoms with E-state index >= 15 is 0 Å². The van der Waals surface area contributed by atoms with E-state index in [2.05, 4.69) is 15.1 Å². The zero-order chi connectivity index (χ0) is 19.6. The smallest absolute Gasteiger partial charge is 0.248 e. The van der Waals surface area contributed by atoms with E-state index in [1.165, 1.54) is 11.3 Å². The highest BCUT2D eigenvalue weighted by Gasteiger charge is 2.49. The van der Waals surface area contributed by atoms with Crippen molar-refractivity contribution in [2.45, 2.75) is 24.9 Å². The van der Waals surface area contributed by atoms with E-state index in [4.69, 9.17) is 11.6 Å². The Kier molecular flexibility index (Phi) is 3.94. The molecule has 0 spiro atoms. The second-order valence-corrected chi connectivity index (χ2v) is 8.65. The molecule has 0 amide bonds. The lowest BCUT2D eigenvalue weighted by molar-refractivity contribution is -0.141. The van der Waals surface area contributed by atoms with Crippen LogP contribution in [0.3, 0.4) is 0 Å². The molecule has 0 saturated heterocycles. The monoisotopic (exact) mass is 420 g/mol. The first-order valence-corrected chi connectivity index (χ1v) is 9.95. The third-order valence-corrected chi connectivity index (χ3v) is 6.82. The van der Waals surface area contributed by atoms with Gasteiger partial charge in [-0.1, -0.05) is 11.6 Å². The normalized spacial score (nSPS) is 17.9. The maximum atomic E-state index is 13.2. The summed E-state index contributed by atoms with van der Waals surface area (Å²) in [6, 6.07) is 5.65. The van der Waals surface area contributed by atoms with Gasteiger partial charge in [0.05, 0.1) is 21.7 Å². The Hall–Kier alpha value is -2.16. The van der Waals surface area contributed by atoms with E-state index in [9.17, 15) is 13.9 Å². The van der Waals surface area contributed by atoms with E-state index in [-0.39, 0.29) is 12.8 Å². The first kappa shape index (κ1) is 17.9. The Morgan fingerprint density at radius 2 is 2.14 bits per heavy atom. The zero-order valence-electron chi connectivity index (χ0n) is 14.7. The van der Waals surface area contributed by atoms with Crippen molar-refractivity contribution in [3.8, 4) is 11.3 Å². The fourth-order valence-corrected chi connectivity index (χ4v) is 5.22. The van der Waals surface area contributed by atoms with E-state index in [0.717, 1.165) is 16.6 Å². The van der Waals surface area contributed by atoms with Crippen molar-refractivity contribution in [1.29, 1.82) is 0 Å². The number of halogens is 3. The number of aromatic nitrogens is 4. The molecule has 0 aliphatic heterocycles. The van der Waals surface area contributed by atoms with Crippen molar-refractivity contribution >= 4 is 44.2 Å². The molecule has 144 valence electrons. The summed E-state index contributed by atoms with van der Waals surface area (Å²) in [5, 5.41) is 16.8. The lowest BCUT2D eigenvalue weighted by atomic mass is 9.77. The van der Waals surface area contributed by atoms with Crippen LogP contribution in [-0.2, 0) is 7.05 Å². The number of aliphatic hydroxyl groups excluding tert-OH is 1. The van der Waals surface area contributed by atoms with Gasteiger partial charge < -0.3 is 5.11 Å². The van der Waals surface area contributed by atoms with Crippen molar-refractivity contribution < 1.29 is 13.9 Å². The number of alkyl halides is 2. The number of nitrogens with zero attached hydrogens (tertiary/aromatic N) is 4. The van der Waals surface area contributed by atoms with Crippen LogP contribution in [0.1, 0.15) is 23.8 Å². The van der Waals surface area contributed by atoms with Gasteiger partial charge >= 0.3 is 0 Å². The van der Waals surface area contributed by atoms with Gasteiger partial charge in [0.2, 0.25) is 5.92 Å². The molecule has 0 aromatic carbocycles. The van der Waals surface area contributed by atoms with Gasteiger partial charge in [-0.25, -0.2) is 18.7 Å². The van der Waals surface area contributed by atoms with Gasteiger partial charge in [0, 0.05) is 54.5 Å². The molecule has 9 heteroatoms. The zero-order valence-corrected chi connectivity index (χ0v) is 16.3. The maximum absolute atomic E-state index is 13.2. The lowest BCUT2D eigenvalue weighted by Gasteiger charge is -2.37. The minimum atomic E-state index is -2.68. The molecule has 28 heavy (non-hydrogen) atoms. The molecule has 5 rings (SSSR count). The molecule has 0 bridgehead atoms. The van der Waals surface area contributed by atoms with Gasteiger partial charge in [-0.2, -0.15) is 5.10 Å². The molecule has 1 fully saturated rings. The summed E-state index contributed by atoms with van der Waals surface area (Å²) in [7, 11) is 1.84. The standard InChI is InChI=1S/C19H15ClF2N4OS/c1-26-8-10-4-9(7-23-17(10)25-26)13-3-2-12-14(20)16(28-18(12)24-13)15(27)11-5-19(21,22)6-11/h2-4,7-8,11,15,27H,5-6H2,1H3/t15-/m0/s1. The quantitative estimate of drug-likeness (QED) is 0.508. The lowest BCUT2D eigenvalue weighted by Crippen LogP contribution is -2.38. The van der Waals surface area contributed by atoms with Gasteiger partial charge in [0.25, 0.3) is 0 Å². The second-order valence-electron chi connectivity index (χ2n) is 7.24. The van der Waals surface area contributed by atoms with Crippen molar-refractivity contribution in [3.63, 3.8) is 0 Å². The molecule has 4 aromatic heterocycles. The number of thiophene rings is 1. The van der Waals surface area contributed by atoms with Gasteiger partial charge in [0.15, 0.2) is 5.65 Å². The molecular weight excluding hydrogens is 406 g/mol. The van der Waals surface area contributed by atoms with Gasteiger partial charge in [0.1, 0.15) is 4.83 Å². The van der Waals surface area contributed by atoms with E-state index < -0.39 is 17.9 Å². The molecular formula is C19H15ClF2N4OS. The number of pyridine rings is 2. The summed E-state index contributed by atoms with van der Waals surface area (Å²) in [5.41, 5.74) is 2.22. The Balaban J connectivity index is 1.52. The Morgan fingerprint density at radius 3 is 2.89 bits per heavy atom. The molecule has 1 aliphatic carbocycles. The van der Waals surface area contributed by atoms with Gasteiger partial charge in [-0.15, -0.1) is 11.3 Å². The Morgan fingerprint density at radius 1 is 1.36 bits per heavy atom. The van der Waals surface area contributed by atoms with Crippen LogP contribution in [0.2, 0.25) is 5.02 Å². The SMILES string of the molecule is Cn1cc2cc(-c3ccc4c(Cl)c([C@@H](O)C5CC(F)(F)C5)sc4n3)cnc2n1. The van der Waals surface area contributed by atoms with Crippen LogP contribution in [0.4, 0.5) is 8.78 Å². The average Bonchev–Trinajstić information content (AvgIpc) is 3.17. The summed E-state index contributed by atoms with van der Waals surface area (Å²) in [6.07, 6.45) is 1.98. The van der Waals surface area contributed by atoms with Crippen LogP contribution in [-0.4, -0.2) is 30.8 Å². The third kappa shape index (κ3) is 2.87. The summed E-state index contributed by atoms with van der Waals surface area (Å²) >= 11 is 7.68. The van der Waals surface area contributed by atoms with Crippen molar-refractivity contribution in [1.82, 2.24) is 19.7 Å². The topological polar surface area (TPSA) is 63.8 Å². The van der Waals surface area contributed by atoms with Crippen LogP contribution in [0, 0.1) is 5.92 Å². The first-order valence-electron chi connectivity index (χ1n) is 8.75. The molecule has 1 saturated carbocycles. The average molecular weight is 421 g/mol. The summed E-state index contributed by atoms with van der Waals surface area (Å²) in [6.45, 7) is 0. The molecule has 5 nitrogen and oxygen atoms in total. The summed E-state index contributed by atoms with van der Waals surface area (Å²) in [4.78, 5) is 10.2. The van der Waals surface area contributed by atoms with Crippen molar-refractivity contribution in [2.75, 3.05) is 0 Å². The number of rotatable bonds is 3. The molecule has 4 aromatic rings. The van der Waals surface area contributed by atoms with Crippen LogP contribution in [0.25, 0.3) is 32.5 Å². The highest BCUT2D eigenvalue weighted by atomic mass is 35.5. The van der Waals surface area contributed by atoms with Crippen LogP contribution in [0.15, 0.2) is 30.6 Å². The van der Waals surface area contributed by atoms with E-state index in [1.54, 1.807) is 10.9 Å². The molecule has 0 radical (unpaired) electrons. The summed E-state index contributed by atoms with van der Waals surface area (Å²) in [5.74, 6) is -3.16. The van der Waals surface area contributed by atoms with E-state index in [1.807, 2.05) is 31.4 Å². The van der Waals surface area contributed by atoms with Gasteiger partial charge in [-0.05, 0) is 18.2 Å². The molecule has 4 heterocycles. The minimum absolute atomic E-state index is 0.311. The minimum Gasteiger partial charge on any atom is -0.387 e. The van der Waals surface area contributed by atoms with Crippen molar-refractivity contribution in [3.05, 3.63) is 40.5 Å². The summed E-state index contributed by atoms with van der Waals surface area (Å²) < 4.78 is 28.0. The van der Waals surface area contributed by atoms with Crippen LogP contribution >= 0.6 is 22.9 Å². The molecule has 0 unspecified atom stereocenters. The largest absolute Gasteiger partial charge is 0.387 e. The fourth-order valence-electron chi connectivity index (χ4n) is 3.64. The Labute approximate surface area is 167 Å². The predicted molar refractivity (Wildman–Crippen MR) is 105 cm³/mol. The maximum Gasteiger partial charge on any atom is 0.248 e. The number of fused-ring (bicyclic) bond motifs is 2. The van der Waals surface area contributed by atoms with Gasteiger partial charge in [-0.3, -0.25) is 4.68 Å². The number of aryl methyl sites for hydroxylation is 1. The third-order valence-electron chi connectivity index (χ3n) is 5.13. The highest BCUT2D eigenvalue weighted by Crippen LogP contribution is 2.51. The predicted octanol–water partition coefficient (Wildman–Crippen LogP) is 4.98. The molecule has 1 N–H and O–H groups in total. The molecule has 1 aliphatic rings. The fraction of sp³-hybridized carbons (Fsp3) is 0.316. The Bertz CT molecular complexity index is 1210. The molecule has 1 atom stereocenters.